The largest absolute Gasteiger partial charge is 0.357 e. The molecule has 2 fully saturated rings. The van der Waals surface area contributed by atoms with Crippen molar-refractivity contribution in [2.75, 3.05) is 20.3 Å². The molecule has 178 valence electrons. The summed E-state index contributed by atoms with van der Waals surface area (Å²) in [4.78, 5) is 29.6. The van der Waals surface area contributed by atoms with E-state index in [1.165, 1.54) is 11.3 Å². The van der Waals surface area contributed by atoms with E-state index in [-0.39, 0.29) is 37.2 Å². The van der Waals surface area contributed by atoms with Gasteiger partial charge in [-0.15, -0.1) is 0 Å². The summed E-state index contributed by atoms with van der Waals surface area (Å²) in [7, 11) is -2.00. The van der Waals surface area contributed by atoms with Crippen LogP contribution in [0.15, 0.2) is 30.3 Å². The summed E-state index contributed by atoms with van der Waals surface area (Å²) < 4.78 is 24.8. The van der Waals surface area contributed by atoms with Gasteiger partial charge in [0.1, 0.15) is 0 Å². The van der Waals surface area contributed by atoms with E-state index in [4.69, 9.17) is 9.05 Å². The second kappa shape index (κ2) is 10.8. The van der Waals surface area contributed by atoms with Gasteiger partial charge in [0.25, 0.3) is 0 Å². The quantitative estimate of drug-likeness (QED) is 0.522. The van der Waals surface area contributed by atoms with Crippen molar-refractivity contribution in [3.05, 3.63) is 35.9 Å². The van der Waals surface area contributed by atoms with Crippen molar-refractivity contribution in [2.24, 2.45) is 5.92 Å². The maximum Gasteiger partial charge on any atom is 0.357 e. The number of hydrogen-bond donors (Lipinski definition) is 1. The third-order valence-electron chi connectivity index (χ3n) is 6.57. The number of carbonyl (C=O) groups excluding carboxylic acids is 2. The average Bonchev–Trinajstić information content (AvgIpc) is 3.02. The van der Waals surface area contributed by atoms with E-state index >= 15 is 0 Å². The number of likely N-dealkylation sites (N-methyl/N-ethyl adjacent to an activating group) is 1. The average molecular weight is 466 g/mol. The minimum absolute atomic E-state index is 0.0860. The smallest absolute Gasteiger partial charge is 0.322 e. The highest BCUT2D eigenvalue weighted by molar-refractivity contribution is 7.54. The van der Waals surface area contributed by atoms with Crippen molar-refractivity contribution in [2.45, 2.75) is 70.7 Å². The highest BCUT2D eigenvalue weighted by Crippen LogP contribution is 2.59. The van der Waals surface area contributed by atoms with Gasteiger partial charge in [-0.3, -0.25) is 4.57 Å². The number of nitrogens with one attached hydrogen (secondary N) is 1. The van der Waals surface area contributed by atoms with Crippen LogP contribution in [-0.4, -0.2) is 54.2 Å². The van der Waals surface area contributed by atoms with Crippen LogP contribution in [0.4, 0.5) is 9.59 Å². The van der Waals surface area contributed by atoms with Crippen molar-refractivity contribution in [3.63, 3.8) is 0 Å². The molecule has 8 nitrogen and oxygen atoms in total. The first kappa shape index (κ1) is 24.7. The van der Waals surface area contributed by atoms with Gasteiger partial charge in [0.2, 0.25) is 0 Å². The molecule has 3 atom stereocenters. The molecule has 1 saturated carbocycles. The molecule has 4 amide bonds. The van der Waals surface area contributed by atoms with Crippen molar-refractivity contribution in [1.29, 1.82) is 0 Å². The maximum absolute atomic E-state index is 13.7. The topological polar surface area (TPSA) is 88.2 Å². The molecular formula is C23H36N3O5P. The van der Waals surface area contributed by atoms with E-state index in [0.29, 0.717) is 5.56 Å². The summed E-state index contributed by atoms with van der Waals surface area (Å²) in [6, 6.07) is 7.80. The van der Waals surface area contributed by atoms with Crippen LogP contribution in [0.2, 0.25) is 0 Å². The van der Waals surface area contributed by atoms with Crippen LogP contribution in [0.1, 0.15) is 64.2 Å². The SMILES string of the molecule is CCOP(=O)(OCC)[C@H](NC(=O)N1C(=O)N(C)[C@@H](C)[C@H]1C1CCCCC1)c1ccccc1. The van der Waals surface area contributed by atoms with Crippen molar-refractivity contribution < 1.29 is 23.2 Å². The molecule has 0 radical (unpaired) electrons. The third-order valence-corrected chi connectivity index (χ3v) is 8.87. The van der Waals surface area contributed by atoms with Crippen LogP contribution in [0, 0.1) is 5.92 Å². The number of hydrogen-bond acceptors (Lipinski definition) is 5. The van der Waals surface area contributed by atoms with Gasteiger partial charge in [0, 0.05) is 7.05 Å². The number of carbonyl (C=O) groups is 2. The minimum Gasteiger partial charge on any atom is -0.322 e. The van der Waals surface area contributed by atoms with Gasteiger partial charge in [-0.05, 0) is 45.1 Å². The molecule has 3 rings (SSSR count). The zero-order valence-corrected chi connectivity index (χ0v) is 20.4. The molecule has 0 unspecified atom stereocenters. The Labute approximate surface area is 191 Å². The fourth-order valence-corrected chi connectivity index (χ4v) is 6.83. The Hall–Kier alpha value is -1.89. The number of nitrogens with zero attached hydrogens (tertiary/aromatic N) is 2. The molecule has 1 aromatic rings. The Morgan fingerprint density at radius 3 is 2.28 bits per heavy atom. The van der Waals surface area contributed by atoms with Crippen LogP contribution in [0.3, 0.4) is 0 Å². The Morgan fingerprint density at radius 1 is 1.12 bits per heavy atom. The van der Waals surface area contributed by atoms with Crippen LogP contribution in [-0.2, 0) is 13.6 Å². The molecule has 9 heteroatoms. The monoisotopic (exact) mass is 465 g/mol. The van der Waals surface area contributed by atoms with Gasteiger partial charge in [0.05, 0.1) is 25.3 Å². The molecule has 1 aromatic carbocycles. The van der Waals surface area contributed by atoms with Gasteiger partial charge in [-0.2, -0.15) is 0 Å². The molecule has 0 bridgehead atoms. The zero-order valence-electron chi connectivity index (χ0n) is 19.5. The second-order valence-electron chi connectivity index (χ2n) is 8.53. The standard InChI is InChI=1S/C23H36N3O5P/c1-5-30-32(29,31-6-2)21(19-15-11-8-12-16-19)24-22(27)26-20(17(3)25(4)23(26)28)18-13-9-7-10-14-18/h8,11-12,15-18,20-21H,5-7,9-10,13-14H2,1-4H3,(H,24,27)/t17-,20-,21-/m0/s1. The molecular weight excluding hydrogens is 429 g/mol. The van der Waals surface area contributed by atoms with Gasteiger partial charge < -0.3 is 19.3 Å². The Balaban J connectivity index is 1.93. The van der Waals surface area contributed by atoms with Crippen molar-refractivity contribution in [1.82, 2.24) is 15.1 Å². The zero-order chi connectivity index (χ0) is 23.3. The lowest BCUT2D eigenvalue weighted by Gasteiger charge is -2.35. The fourth-order valence-electron chi connectivity index (χ4n) is 4.93. The lowest BCUT2D eigenvalue weighted by atomic mass is 9.81. The van der Waals surface area contributed by atoms with E-state index < -0.39 is 19.4 Å². The van der Waals surface area contributed by atoms with E-state index in [2.05, 4.69) is 5.32 Å². The highest BCUT2D eigenvalue weighted by atomic mass is 31.2. The van der Waals surface area contributed by atoms with E-state index in [1.807, 2.05) is 13.0 Å². The first-order valence-corrected chi connectivity index (χ1v) is 13.3. The summed E-state index contributed by atoms with van der Waals surface area (Å²) in [6.45, 7) is 5.79. The predicted octanol–water partition coefficient (Wildman–Crippen LogP) is 5.37. The number of amides is 4. The second-order valence-corrected chi connectivity index (χ2v) is 10.6. The lowest BCUT2D eigenvalue weighted by molar-refractivity contribution is 0.151. The number of benzene rings is 1. The lowest BCUT2D eigenvalue weighted by Crippen LogP contribution is -2.50. The number of rotatable bonds is 8. The molecule has 32 heavy (non-hydrogen) atoms. The minimum atomic E-state index is -3.73. The normalized spacial score (nSPS) is 23.4. The molecule has 1 N–H and O–H groups in total. The summed E-state index contributed by atoms with van der Waals surface area (Å²) in [6.07, 6.45) is 5.40. The molecule has 1 heterocycles. The number of imide groups is 1. The van der Waals surface area contributed by atoms with Crippen LogP contribution in [0.5, 0.6) is 0 Å². The van der Waals surface area contributed by atoms with Crippen molar-refractivity contribution in [3.8, 4) is 0 Å². The Bertz CT molecular complexity index is 820. The van der Waals surface area contributed by atoms with Gasteiger partial charge >= 0.3 is 19.7 Å². The summed E-state index contributed by atoms with van der Waals surface area (Å²) in [5, 5.41) is 2.85. The van der Waals surface area contributed by atoms with Crippen LogP contribution in [0.25, 0.3) is 0 Å². The Morgan fingerprint density at radius 2 is 1.72 bits per heavy atom. The Kier molecular flexibility index (Phi) is 8.37. The maximum atomic E-state index is 13.7. The van der Waals surface area contributed by atoms with E-state index in [0.717, 1.165) is 25.7 Å². The highest BCUT2D eigenvalue weighted by Gasteiger charge is 2.50. The molecule has 1 saturated heterocycles. The molecule has 0 spiro atoms. The molecule has 1 aliphatic carbocycles. The summed E-state index contributed by atoms with van der Waals surface area (Å²) in [5.74, 6) is -0.753. The van der Waals surface area contributed by atoms with Gasteiger partial charge in [0.15, 0.2) is 5.78 Å². The predicted molar refractivity (Wildman–Crippen MR) is 123 cm³/mol. The summed E-state index contributed by atoms with van der Waals surface area (Å²) in [5.41, 5.74) is 0.605. The van der Waals surface area contributed by atoms with Crippen molar-refractivity contribution >= 4 is 19.7 Å². The summed E-state index contributed by atoms with van der Waals surface area (Å²) >= 11 is 0. The van der Waals surface area contributed by atoms with Gasteiger partial charge in [-0.1, -0.05) is 49.6 Å². The first-order valence-electron chi connectivity index (χ1n) is 11.6. The van der Waals surface area contributed by atoms with Crippen LogP contribution >= 0.6 is 7.60 Å². The van der Waals surface area contributed by atoms with Gasteiger partial charge in [-0.25, -0.2) is 14.5 Å². The molecule has 2 aliphatic rings. The molecule has 1 aliphatic heterocycles. The number of urea groups is 2. The van der Waals surface area contributed by atoms with Crippen LogP contribution < -0.4 is 5.32 Å². The van der Waals surface area contributed by atoms with E-state index in [1.54, 1.807) is 50.1 Å². The molecule has 0 aromatic heterocycles. The van der Waals surface area contributed by atoms with E-state index in [9.17, 15) is 14.2 Å². The first-order chi connectivity index (χ1) is 15.3. The fraction of sp³-hybridized carbons (Fsp3) is 0.652. The third kappa shape index (κ3) is 5.03.